The van der Waals surface area contributed by atoms with Gasteiger partial charge >= 0.3 is 0 Å². The summed E-state index contributed by atoms with van der Waals surface area (Å²) in [6.07, 6.45) is 0. The maximum atomic E-state index is 12.2. The molecule has 2 nitrogen and oxygen atoms in total. The lowest BCUT2D eigenvalue weighted by Gasteiger charge is -1.97. The molecule has 0 spiro atoms. The van der Waals surface area contributed by atoms with Crippen LogP contribution in [0.3, 0.4) is 0 Å². The fraction of sp³-hybridized carbons (Fsp3) is 0.154. The Bertz CT molecular complexity index is 750. The molecule has 2 heterocycles. The molecular formula is C13H10O2S. The molecule has 0 unspecified atom stereocenters. The lowest BCUT2D eigenvalue weighted by molar-refractivity contribution is 0.577. The van der Waals surface area contributed by atoms with E-state index in [1.807, 2.05) is 38.1 Å². The highest BCUT2D eigenvalue weighted by Crippen LogP contribution is 2.27. The van der Waals surface area contributed by atoms with Crippen LogP contribution in [0.2, 0.25) is 0 Å². The van der Waals surface area contributed by atoms with Crippen molar-refractivity contribution in [2.75, 3.05) is 0 Å². The Morgan fingerprint density at radius 2 is 1.94 bits per heavy atom. The van der Waals surface area contributed by atoms with E-state index in [0.29, 0.717) is 5.58 Å². The number of fused-ring (bicyclic) bond motifs is 2. The molecule has 1 aromatic carbocycles. The summed E-state index contributed by atoms with van der Waals surface area (Å²) in [6.45, 7) is 3.85. The first-order valence-corrected chi connectivity index (χ1v) is 5.90. The van der Waals surface area contributed by atoms with E-state index in [1.54, 1.807) is 11.3 Å². The molecular weight excluding hydrogens is 220 g/mol. The summed E-state index contributed by atoms with van der Waals surface area (Å²) in [5.74, 6) is 0.787. The zero-order chi connectivity index (χ0) is 11.3. The largest absolute Gasteiger partial charge is 0.456 e. The highest BCUT2D eigenvalue weighted by atomic mass is 32.1. The second kappa shape index (κ2) is 3.19. The summed E-state index contributed by atoms with van der Waals surface area (Å²) < 4.78 is 7.39. The van der Waals surface area contributed by atoms with Gasteiger partial charge in [0.05, 0.1) is 4.70 Å². The molecule has 3 aromatic rings. The first-order chi connectivity index (χ1) is 7.65. The number of hydrogen-bond acceptors (Lipinski definition) is 3. The summed E-state index contributed by atoms with van der Waals surface area (Å²) in [4.78, 5) is 12.2. The minimum Gasteiger partial charge on any atom is -0.456 e. The van der Waals surface area contributed by atoms with E-state index in [0.717, 1.165) is 26.1 Å². The van der Waals surface area contributed by atoms with Gasteiger partial charge in [-0.15, -0.1) is 11.3 Å². The lowest BCUT2D eigenvalue weighted by atomic mass is 10.2. The van der Waals surface area contributed by atoms with Crippen LogP contribution in [0.5, 0.6) is 0 Å². The number of hydrogen-bond donors (Lipinski definition) is 0. The van der Waals surface area contributed by atoms with Gasteiger partial charge in [0, 0.05) is 10.1 Å². The molecule has 16 heavy (non-hydrogen) atoms. The maximum absolute atomic E-state index is 12.2. The van der Waals surface area contributed by atoms with Crippen molar-refractivity contribution in [3.05, 3.63) is 45.8 Å². The molecule has 0 amide bonds. The first-order valence-electron chi connectivity index (χ1n) is 5.09. The van der Waals surface area contributed by atoms with E-state index < -0.39 is 0 Å². The predicted molar refractivity (Wildman–Crippen MR) is 67.3 cm³/mol. The quantitative estimate of drug-likeness (QED) is 0.590. The second-order valence-corrected chi connectivity index (χ2v) is 5.07. The third-order valence-corrected chi connectivity index (χ3v) is 3.73. The number of aryl methyl sites for hydroxylation is 2. The third kappa shape index (κ3) is 1.28. The monoisotopic (exact) mass is 230 g/mol. The fourth-order valence-corrected chi connectivity index (χ4v) is 2.96. The van der Waals surface area contributed by atoms with Gasteiger partial charge < -0.3 is 4.42 Å². The van der Waals surface area contributed by atoms with Crippen molar-refractivity contribution in [1.82, 2.24) is 0 Å². The van der Waals surface area contributed by atoms with Crippen molar-refractivity contribution in [2.45, 2.75) is 13.8 Å². The summed E-state index contributed by atoms with van der Waals surface area (Å²) >= 11 is 1.60. The number of rotatable bonds is 0. The van der Waals surface area contributed by atoms with Crippen molar-refractivity contribution < 1.29 is 4.42 Å². The van der Waals surface area contributed by atoms with Crippen LogP contribution in [0.25, 0.3) is 20.4 Å². The molecule has 3 rings (SSSR count). The molecule has 2 aromatic heterocycles. The topological polar surface area (TPSA) is 30.2 Å². The van der Waals surface area contributed by atoms with Crippen LogP contribution in [0.15, 0.2) is 33.5 Å². The molecule has 0 N–H and O–H groups in total. The average Bonchev–Trinajstić information content (AvgIpc) is 2.61. The predicted octanol–water partition coefficient (Wildman–Crippen LogP) is 3.62. The van der Waals surface area contributed by atoms with Gasteiger partial charge in [-0.3, -0.25) is 4.79 Å². The third-order valence-electron chi connectivity index (χ3n) is 2.63. The van der Waals surface area contributed by atoms with Crippen LogP contribution >= 0.6 is 11.3 Å². The summed E-state index contributed by atoms with van der Waals surface area (Å²) in [6, 6.07) is 7.86. The standard InChI is InChI=1S/C13H10O2S/c1-7-3-4-10-9(5-7)12(14)13-11(16-10)6-8(2)15-13/h3-6H,1-2H3. The Hall–Kier alpha value is -1.61. The van der Waals surface area contributed by atoms with Gasteiger partial charge in [0.15, 0.2) is 5.58 Å². The average molecular weight is 230 g/mol. The molecule has 0 radical (unpaired) electrons. The van der Waals surface area contributed by atoms with Crippen LogP contribution in [-0.2, 0) is 0 Å². The molecule has 0 aliphatic carbocycles. The Labute approximate surface area is 96.1 Å². The minimum atomic E-state index is 0.000509. The molecule has 3 heteroatoms. The normalized spacial score (nSPS) is 11.4. The number of furan rings is 1. The summed E-state index contributed by atoms with van der Waals surface area (Å²) in [5.41, 5.74) is 1.58. The molecule has 0 saturated heterocycles. The molecule has 80 valence electrons. The van der Waals surface area contributed by atoms with Crippen molar-refractivity contribution in [1.29, 1.82) is 0 Å². The zero-order valence-corrected chi connectivity index (χ0v) is 9.85. The van der Waals surface area contributed by atoms with Crippen LogP contribution in [0.1, 0.15) is 11.3 Å². The van der Waals surface area contributed by atoms with Crippen LogP contribution in [0, 0.1) is 13.8 Å². The number of benzene rings is 1. The van der Waals surface area contributed by atoms with Gasteiger partial charge in [-0.2, -0.15) is 0 Å². The maximum Gasteiger partial charge on any atom is 0.231 e. The smallest absolute Gasteiger partial charge is 0.231 e. The second-order valence-electron chi connectivity index (χ2n) is 3.98. The van der Waals surface area contributed by atoms with Gasteiger partial charge in [-0.1, -0.05) is 11.6 Å². The van der Waals surface area contributed by atoms with Crippen LogP contribution in [-0.4, -0.2) is 0 Å². The summed E-state index contributed by atoms with van der Waals surface area (Å²) in [5, 5.41) is 0.756. The van der Waals surface area contributed by atoms with Gasteiger partial charge in [-0.25, -0.2) is 0 Å². The molecule has 0 bridgehead atoms. The molecule has 0 aliphatic heterocycles. The van der Waals surface area contributed by atoms with E-state index in [4.69, 9.17) is 4.42 Å². The minimum absolute atomic E-state index is 0.000509. The fourth-order valence-electron chi connectivity index (χ4n) is 1.88. The van der Waals surface area contributed by atoms with Gasteiger partial charge in [0.2, 0.25) is 5.43 Å². The van der Waals surface area contributed by atoms with Crippen molar-refractivity contribution in [3.63, 3.8) is 0 Å². The highest BCUT2D eigenvalue weighted by Gasteiger charge is 2.09. The van der Waals surface area contributed by atoms with Gasteiger partial charge in [-0.05, 0) is 32.0 Å². The summed E-state index contributed by atoms with van der Waals surface area (Å²) in [7, 11) is 0. The van der Waals surface area contributed by atoms with Crippen molar-refractivity contribution in [2.24, 2.45) is 0 Å². The molecule has 0 atom stereocenters. The SMILES string of the molecule is Cc1ccc2sc3cc(C)oc3c(=O)c2c1. The van der Waals surface area contributed by atoms with Crippen LogP contribution in [0.4, 0.5) is 0 Å². The van der Waals surface area contributed by atoms with E-state index >= 15 is 0 Å². The molecule has 0 fully saturated rings. The lowest BCUT2D eigenvalue weighted by Crippen LogP contribution is -1.99. The van der Waals surface area contributed by atoms with Crippen molar-refractivity contribution in [3.8, 4) is 0 Å². The van der Waals surface area contributed by atoms with Gasteiger partial charge in [0.1, 0.15) is 5.76 Å². The van der Waals surface area contributed by atoms with E-state index in [-0.39, 0.29) is 5.43 Å². The first kappa shape index (κ1) is 9.60. The molecule has 0 saturated carbocycles. The highest BCUT2D eigenvalue weighted by molar-refractivity contribution is 7.24. The Morgan fingerprint density at radius 1 is 1.12 bits per heavy atom. The Morgan fingerprint density at radius 3 is 2.75 bits per heavy atom. The van der Waals surface area contributed by atoms with E-state index in [9.17, 15) is 4.79 Å². The van der Waals surface area contributed by atoms with E-state index in [2.05, 4.69) is 0 Å². The van der Waals surface area contributed by atoms with E-state index in [1.165, 1.54) is 0 Å². The molecule has 0 aliphatic rings. The van der Waals surface area contributed by atoms with Crippen molar-refractivity contribution >= 4 is 31.7 Å². The van der Waals surface area contributed by atoms with Crippen LogP contribution < -0.4 is 5.43 Å². The Balaban J connectivity index is 2.60. The Kier molecular flexibility index (Phi) is 1.91. The van der Waals surface area contributed by atoms with Gasteiger partial charge in [0.25, 0.3) is 0 Å². The zero-order valence-electron chi connectivity index (χ0n) is 9.03.